The third-order valence-electron chi connectivity index (χ3n) is 5.68. The lowest BCUT2D eigenvalue weighted by Crippen LogP contribution is -3.15. The fourth-order valence-electron chi connectivity index (χ4n) is 4.05. The van der Waals surface area contributed by atoms with Gasteiger partial charge in [0.1, 0.15) is 12.4 Å². The molecule has 4 rings (SSSR count). The number of quaternary nitrogens is 1. The number of aryl methyl sites for hydroxylation is 1. The number of aliphatic hydroxyl groups excluding tert-OH is 1. The quantitative estimate of drug-likeness (QED) is 0.705. The summed E-state index contributed by atoms with van der Waals surface area (Å²) in [5.74, 6) is 1.48. The molecule has 28 heavy (non-hydrogen) atoms. The maximum atomic E-state index is 9.22. The molecule has 0 radical (unpaired) electrons. The molecule has 0 atom stereocenters. The first-order valence-electron chi connectivity index (χ1n) is 10.2. The van der Waals surface area contributed by atoms with E-state index in [4.69, 9.17) is 10.1 Å². The van der Waals surface area contributed by atoms with Gasteiger partial charge in [-0.05, 0) is 18.4 Å². The van der Waals surface area contributed by atoms with Gasteiger partial charge in [0.2, 0.25) is 0 Å². The van der Waals surface area contributed by atoms with Crippen LogP contribution in [0.4, 0.5) is 5.82 Å². The molecule has 0 unspecified atom stereocenters. The van der Waals surface area contributed by atoms with Crippen LogP contribution in [0.15, 0.2) is 36.4 Å². The standard InChI is InChI=1S/C22H29N5O/c1-16(2)19-15-20(26-11-9-25(10-12-26)13-14-28)27-22(23-19)21(17(3)24-27)18-7-5-4-6-8-18/h4-8,15-16,28H,9-14H2,1-3H3/p+1. The highest BCUT2D eigenvalue weighted by Crippen LogP contribution is 2.31. The summed E-state index contributed by atoms with van der Waals surface area (Å²) in [6.07, 6.45) is 0. The Hall–Kier alpha value is -2.44. The summed E-state index contributed by atoms with van der Waals surface area (Å²) in [6.45, 7) is 11.5. The van der Waals surface area contributed by atoms with Gasteiger partial charge in [-0.25, -0.2) is 4.98 Å². The highest BCUT2D eigenvalue weighted by molar-refractivity contribution is 5.81. The summed E-state index contributed by atoms with van der Waals surface area (Å²) >= 11 is 0. The van der Waals surface area contributed by atoms with Crippen LogP contribution in [0.3, 0.4) is 0 Å². The Morgan fingerprint density at radius 1 is 1.14 bits per heavy atom. The van der Waals surface area contributed by atoms with Gasteiger partial charge in [-0.3, -0.25) is 0 Å². The van der Waals surface area contributed by atoms with Gasteiger partial charge in [0, 0.05) is 17.3 Å². The Kier molecular flexibility index (Phi) is 5.33. The van der Waals surface area contributed by atoms with E-state index in [1.807, 2.05) is 10.6 Å². The molecule has 3 heterocycles. The van der Waals surface area contributed by atoms with E-state index in [1.165, 1.54) is 4.90 Å². The van der Waals surface area contributed by atoms with Crippen molar-refractivity contribution in [3.05, 3.63) is 47.8 Å². The maximum absolute atomic E-state index is 9.22. The second-order valence-corrected chi connectivity index (χ2v) is 7.97. The van der Waals surface area contributed by atoms with Crippen molar-refractivity contribution in [2.45, 2.75) is 26.7 Å². The molecule has 2 aromatic heterocycles. The minimum atomic E-state index is 0.255. The number of piperazine rings is 1. The summed E-state index contributed by atoms with van der Waals surface area (Å²) in [5, 5.41) is 14.1. The Labute approximate surface area is 166 Å². The van der Waals surface area contributed by atoms with Crippen molar-refractivity contribution in [2.75, 3.05) is 44.2 Å². The second-order valence-electron chi connectivity index (χ2n) is 7.97. The molecular weight excluding hydrogens is 350 g/mol. The van der Waals surface area contributed by atoms with Gasteiger partial charge >= 0.3 is 0 Å². The average Bonchev–Trinajstić information content (AvgIpc) is 3.04. The van der Waals surface area contributed by atoms with Crippen molar-refractivity contribution < 1.29 is 10.0 Å². The van der Waals surface area contributed by atoms with Gasteiger partial charge < -0.3 is 14.9 Å². The molecule has 0 bridgehead atoms. The number of nitrogens with zero attached hydrogens (tertiary/aromatic N) is 4. The van der Waals surface area contributed by atoms with E-state index in [2.05, 4.69) is 56.0 Å². The van der Waals surface area contributed by atoms with Crippen molar-refractivity contribution >= 4 is 11.5 Å². The van der Waals surface area contributed by atoms with Crippen molar-refractivity contribution in [3.8, 4) is 11.1 Å². The predicted molar refractivity (Wildman–Crippen MR) is 112 cm³/mol. The third kappa shape index (κ3) is 3.50. The van der Waals surface area contributed by atoms with E-state index in [1.54, 1.807) is 0 Å². The largest absolute Gasteiger partial charge is 0.391 e. The van der Waals surface area contributed by atoms with Crippen LogP contribution in [0, 0.1) is 6.92 Å². The Bertz CT molecular complexity index is 942. The zero-order chi connectivity index (χ0) is 19.7. The van der Waals surface area contributed by atoms with E-state index < -0.39 is 0 Å². The number of hydrogen-bond donors (Lipinski definition) is 2. The Balaban J connectivity index is 1.81. The minimum Gasteiger partial charge on any atom is -0.391 e. The Morgan fingerprint density at radius 2 is 1.86 bits per heavy atom. The molecule has 6 nitrogen and oxygen atoms in total. The SMILES string of the molecule is Cc1nn2c(N3CC[NH+](CCO)CC3)cc(C(C)C)nc2c1-c1ccccc1. The lowest BCUT2D eigenvalue weighted by molar-refractivity contribution is -0.900. The molecule has 0 saturated carbocycles. The van der Waals surface area contributed by atoms with Crippen molar-refractivity contribution in [2.24, 2.45) is 0 Å². The van der Waals surface area contributed by atoms with E-state index >= 15 is 0 Å². The molecule has 1 saturated heterocycles. The first-order chi connectivity index (χ1) is 13.6. The first-order valence-corrected chi connectivity index (χ1v) is 10.2. The molecule has 1 aromatic carbocycles. The topological polar surface area (TPSA) is 58.1 Å². The molecular formula is C22H30N5O+. The second kappa shape index (κ2) is 7.89. The monoisotopic (exact) mass is 380 g/mol. The molecule has 0 amide bonds. The molecule has 148 valence electrons. The fourth-order valence-corrected chi connectivity index (χ4v) is 4.05. The Morgan fingerprint density at radius 3 is 2.50 bits per heavy atom. The highest BCUT2D eigenvalue weighted by atomic mass is 16.3. The molecule has 0 spiro atoms. The van der Waals surface area contributed by atoms with Gasteiger partial charge in [-0.2, -0.15) is 9.61 Å². The molecule has 6 heteroatoms. The van der Waals surface area contributed by atoms with Crippen LogP contribution < -0.4 is 9.80 Å². The van der Waals surface area contributed by atoms with E-state index in [0.29, 0.717) is 5.92 Å². The highest BCUT2D eigenvalue weighted by Gasteiger charge is 2.25. The van der Waals surface area contributed by atoms with Crippen LogP contribution in [0.25, 0.3) is 16.8 Å². The van der Waals surface area contributed by atoms with Gasteiger partial charge in [0.15, 0.2) is 5.65 Å². The smallest absolute Gasteiger partial charge is 0.165 e. The number of rotatable bonds is 5. The maximum Gasteiger partial charge on any atom is 0.165 e. The molecule has 3 aromatic rings. The van der Waals surface area contributed by atoms with Gasteiger partial charge in [0.05, 0.1) is 38.5 Å². The van der Waals surface area contributed by atoms with Crippen LogP contribution >= 0.6 is 0 Å². The van der Waals surface area contributed by atoms with Crippen molar-refractivity contribution in [1.29, 1.82) is 0 Å². The van der Waals surface area contributed by atoms with E-state index in [-0.39, 0.29) is 6.61 Å². The zero-order valence-electron chi connectivity index (χ0n) is 17.0. The van der Waals surface area contributed by atoms with Crippen LogP contribution in [0.1, 0.15) is 31.2 Å². The van der Waals surface area contributed by atoms with Crippen LogP contribution in [-0.2, 0) is 0 Å². The summed E-state index contributed by atoms with van der Waals surface area (Å²) in [6, 6.07) is 12.6. The summed E-state index contributed by atoms with van der Waals surface area (Å²) < 4.78 is 2.03. The van der Waals surface area contributed by atoms with Crippen LogP contribution in [-0.4, -0.2) is 59.0 Å². The number of fused-ring (bicyclic) bond motifs is 1. The van der Waals surface area contributed by atoms with E-state index in [0.717, 1.165) is 66.7 Å². The van der Waals surface area contributed by atoms with Gasteiger partial charge in [-0.15, -0.1) is 0 Å². The number of hydrogen-bond acceptors (Lipinski definition) is 4. The third-order valence-corrected chi connectivity index (χ3v) is 5.68. The summed E-state index contributed by atoms with van der Waals surface area (Å²) in [4.78, 5) is 8.89. The average molecular weight is 381 g/mol. The molecule has 1 aliphatic heterocycles. The number of nitrogens with one attached hydrogen (secondary N) is 1. The van der Waals surface area contributed by atoms with E-state index in [9.17, 15) is 5.11 Å². The fraction of sp³-hybridized carbons (Fsp3) is 0.455. The first kappa shape index (κ1) is 18.9. The minimum absolute atomic E-state index is 0.255. The lowest BCUT2D eigenvalue weighted by Gasteiger charge is -2.33. The number of anilines is 1. The van der Waals surface area contributed by atoms with Gasteiger partial charge in [-0.1, -0.05) is 44.2 Å². The predicted octanol–water partition coefficient (Wildman–Crippen LogP) is 1.53. The van der Waals surface area contributed by atoms with Gasteiger partial charge in [0.25, 0.3) is 0 Å². The molecule has 0 aliphatic carbocycles. The van der Waals surface area contributed by atoms with Crippen LogP contribution in [0.2, 0.25) is 0 Å². The summed E-state index contributed by atoms with van der Waals surface area (Å²) in [5.41, 5.74) is 5.32. The van der Waals surface area contributed by atoms with Crippen molar-refractivity contribution in [1.82, 2.24) is 14.6 Å². The molecule has 2 N–H and O–H groups in total. The van der Waals surface area contributed by atoms with Crippen LogP contribution in [0.5, 0.6) is 0 Å². The zero-order valence-corrected chi connectivity index (χ0v) is 17.0. The number of aromatic nitrogens is 3. The molecule has 1 fully saturated rings. The lowest BCUT2D eigenvalue weighted by atomic mass is 10.1. The number of benzene rings is 1. The van der Waals surface area contributed by atoms with Crippen molar-refractivity contribution in [3.63, 3.8) is 0 Å². The summed E-state index contributed by atoms with van der Waals surface area (Å²) in [7, 11) is 0. The normalized spacial score (nSPS) is 15.7. The number of aliphatic hydroxyl groups is 1. The molecule has 1 aliphatic rings.